The molecule has 3 nitrogen and oxygen atoms in total. The molecule has 0 aromatic heterocycles. The predicted octanol–water partition coefficient (Wildman–Crippen LogP) is 3.24. The van der Waals surface area contributed by atoms with E-state index in [1.807, 2.05) is 24.3 Å². The summed E-state index contributed by atoms with van der Waals surface area (Å²) in [5, 5.41) is 0.789. The minimum Gasteiger partial charge on any atom is -0.398 e. The summed E-state index contributed by atoms with van der Waals surface area (Å²) in [6, 6.07) is 16.2. The van der Waals surface area contributed by atoms with E-state index in [-0.39, 0.29) is 0 Å². The summed E-state index contributed by atoms with van der Waals surface area (Å²) in [7, 11) is 0. The molecule has 1 saturated heterocycles. The summed E-state index contributed by atoms with van der Waals surface area (Å²) >= 11 is 5.94. The van der Waals surface area contributed by atoms with Crippen molar-refractivity contribution in [1.82, 2.24) is 4.90 Å². The van der Waals surface area contributed by atoms with Crippen LogP contribution >= 0.6 is 11.6 Å². The normalized spacial score (nSPS) is 16.1. The van der Waals surface area contributed by atoms with Crippen LogP contribution in [0.15, 0.2) is 48.5 Å². The molecule has 0 spiro atoms. The highest BCUT2D eigenvalue weighted by atomic mass is 35.5. The number of para-hydroxylation sites is 1. The van der Waals surface area contributed by atoms with Crippen molar-refractivity contribution >= 4 is 23.0 Å². The highest BCUT2D eigenvalue weighted by molar-refractivity contribution is 6.30. The maximum Gasteiger partial charge on any atom is 0.0407 e. The lowest BCUT2D eigenvalue weighted by molar-refractivity contribution is 0.250. The van der Waals surface area contributed by atoms with E-state index in [4.69, 9.17) is 17.3 Å². The monoisotopic (exact) mass is 301 g/mol. The van der Waals surface area contributed by atoms with Crippen LogP contribution in [0.1, 0.15) is 5.56 Å². The first-order chi connectivity index (χ1) is 10.2. The highest BCUT2D eigenvalue weighted by Gasteiger charge is 2.17. The van der Waals surface area contributed by atoms with Crippen molar-refractivity contribution in [3.8, 4) is 0 Å². The van der Waals surface area contributed by atoms with E-state index in [2.05, 4.69) is 34.1 Å². The number of nitrogens with zero attached hydrogens (tertiary/aromatic N) is 2. The van der Waals surface area contributed by atoms with Crippen molar-refractivity contribution in [3.05, 3.63) is 59.1 Å². The third kappa shape index (κ3) is 3.49. The Hall–Kier alpha value is -1.71. The molecule has 2 aromatic carbocycles. The largest absolute Gasteiger partial charge is 0.398 e. The van der Waals surface area contributed by atoms with Gasteiger partial charge in [-0.3, -0.25) is 4.90 Å². The molecule has 0 radical (unpaired) electrons. The number of nitrogen functional groups attached to an aromatic ring is 1. The van der Waals surface area contributed by atoms with Gasteiger partial charge in [0.2, 0.25) is 0 Å². The summed E-state index contributed by atoms with van der Waals surface area (Å²) < 4.78 is 0. The van der Waals surface area contributed by atoms with Crippen LogP contribution in [-0.4, -0.2) is 31.1 Å². The summed E-state index contributed by atoms with van der Waals surface area (Å²) in [4.78, 5) is 4.86. The van der Waals surface area contributed by atoms with Crippen molar-refractivity contribution < 1.29 is 0 Å². The van der Waals surface area contributed by atoms with E-state index < -0.39 is 0 Å². The van der Waals surface area contributed by atoms with Gasteiger partial charge < -0.3 is 10.6 Å². The van der Waals surface area contributed by atoms with Gasteiger partial charge in [-0.25, -0.2) is 0 Å². The zero-order valence-corrected chi connectivity index (χ0v) is 12.8. The molecule has 1 heterocycles. The third-order valence-electron chi connectivity index (χ3n) is 4.01. The summed E-state index contributed by atoms with van der Waals surface area (Å²) in [5.74, 6) is 0. The van der Waals surface area contributed by atoms with Gasteiger partial charge in [0.05, 0.1) is 0 Å². The van der Waals surface area contributed by atoms with E-state index in [1.54, 1.807) is 0 Å². The van der Waals surface area contributed by atoms with Crippen LogP contribution in [0.2, 0.25) is 5.02 Å². The second kappa shape index (κ2) is 6.37. The molecule has 0 bridgehead atoms. The predicted molar refractivity (Wildman–Crippen MR) is 89.8 cm³/mol. The molecule has 4 heteroatoms. The Labute approximate surface area is 130 Å². The Morgan fingerprint density at radius 2 is 1.57 bits per heavy atom. The lowest BCUT2D eigenvalue weighted by Gasteiger charge is -2.36. The van der Waals surface area contributed by atoms with Crippen LogP contribution in [0.3, 0.4) is 0 Å². The molecule has 0 unspecified atom stereocenters. The Morgan fingerprint density at radius 1 is 0.905 bits per heavy atom. The molecule has 0 atom stereocenters. The Morgan fingerprint density at radius 3 is 2.24 bits per heavy atom. The van der Waals surface area contributed by atoms with E-state index in [1.165, 1.54) is 11.3 Å². The van der Waals surface area contributed by atoms with Crippen molar-refractivity contribution in [3.63, 3.8) is 0 Å². The van der Waals surface area contributed by atoms with Crippen LogP contribution in [0.5, 0.6) is 0 Å². The van der Waals surface area contributed by atoms with Gasteiger partial charge in [-0.2, -0.15) is 0 Å². The van der Waals surface area contributed by atoms with Crippen molar-refractivity contribution in [2.75, 3.05) is 36.8 Å². The lowest BCUT2D eigenvalue weighted by atomic mass is 10.1. The van der Waals surface area contributed by atoms with Gasteiger partial charge in [0, 0.05) is 49.1 Å². The van der Waals surface area contributed by atoms with Crippen molar-refractivity contribution in [2.24, 2.45) is 0 Å². The molecule has 21 heavy (non-hydrogen) atoms. The van der Waals surface area contributed by atoms with Gasteiger partial charge in [0.15, 0.2) is 0 Å². The minimum absolute atomic E-state index is 0.789. The molecule has 2 aromatic rings. The van der Waals surface area contributed by atoms with E-state index in [0.717, 1.165) is 43.4 Å². The van der Waals surface area contributed by atoms with Gasteiger partial charge in [0.25, 0.3) is 0 Å². The fourth-order valence-electron chi connectivity index (χ4n) is 2.74. The second-order valence-corrected chi connectivity index (χ2v) is 5.87. The molecule has 1 fully saturated rings. The third-order valence-corrected chi connectivity index (χ3v) is 4.27. The molecule has 1 aliphatic rings. The van der Waals surface area contributed by atoms with Gasteiger partial charge in [0.1, 0.15) is 0 Å². The molecule has 110 valence electrons. The number of hydrogen-bond acceptors (Lipinski definition) is 3. The van der Waals surface area contributed by atoms with E-state index in [9.17, 15) is 0 Å². The standard InChI is InChI=1S/C17H20ClN3/c18-15-5-7-16(8-6-15)21-11-9-20(10-12-21)13-14-3-1-2-4-17(14)19/h1-8H,9-13,19H2. The number of hydrogen-bond donors (Lipinski definition) is 1. The first kappa shape index (κ1) is 14.2. The Balaban J connectivity index is 1.58. The van der Waals surface area contributed by atoms with Gasteiger partial charge in [-0.15, -0.1) is 0 Å². The van der Waals surface area contributed by atoms with Crippen molar-refractivity contribution in [2.45, 2.75) is 6.54 Å². The first-order valence-corrected chi connectivity index (χ1v) is 7.66. The fraction of sp³-hybridized carbons (Fsp3) is 0.294. The molecule has 3 rings (SSSR count). The molecular weight excluding hydrogens is 282 g/mol. The SMILES string of the molecule is Nc1ccccc1CN1CCN(c2ccc(Cl)cc2)CC1. The van der Waals surface area contributed by atoms with Crippen molar-refractivity contribution in [1.29, 1.82) is 0 Å². The fourth-order valence-corrected chi connectivity index (χ4v) is 2.86. The van der Waals surface area contributed by atoms with Crippen LogP contribution in [0, 0.1) is 0 Å². The van der Waals surface area contributed by atoms with Gasteiger partial charge in [-0.05, 0) is 35.9 Å². The van der Waals surface area contributed by atoms with Gasteiger partial charge >= 0.3 is 0 Å². The Kier molecular flexibility index (Phi) is 4.32. The van der Waals surface area contributed by atoms with Gasteiger partial charge in [-0.1, -0.05) is 29.8 Å². The number of nitrogens with two attached hydrogens (primary N) is 1. The molecule has 2 N–H and O–H groups in total. The maximum absolute atomic E-state index is 6.02. The number of benzene rings is 2. The molecule has 0 saturated carbocycles. The van der Waals surface area contributed by atoms with Crippen LogP contribution in [-0.2, 0) is 6.54 Å². The molecule has 0 amide bonds. The molecule has 1 aliphatic heterocycles. The van der Waals surface area contributed by atoms with E-state index in [0.29, 0.717) is 0 Å². The smallest absolute Gasteiger partial charge is 0.0407 e. The number of halogens is 1. The zero-order chi connectivity index (χ0) is 14.7. The van der Waals surface area contributed by atoms with Crippen LogP contribution in [0.4, 0.5) is 11.4 Å². The van der Waals surface area contributed by atoms with Crippen LogP contribution < -0.4 is 10.6 Å². The zero-order valence-electron chi connectivity index (χ0n) is 12.0. The average Bonchev–Trinajstić information content (AvgIpc) is 2.51. The summed E-state index contributed by atoms with van der Waals surface area (Å²) in [5.41, 5.74) is 9.38. The van der Waals surface area contributed by atoms with E-state index >= 15 is 0 Å². The summed E-state index contributed by atoms with van der Waals surface area (Å²) in [6.07, 6.45) is 0. The maximum atomic E-state index is 6.02. The lowest BCUT2D eigenvalue weighted by Crippen LogP contribution is -2.46. The summed E-state index contributed by atoms with van der Waals surface area (Å²) in [6.45, 7) is 5.11. The molecule has 0 aliphatic carbocycles. The first-order valence-electron chi connectivity index (χ1n) is 7.28. The number of anilines is 2. The number of rotatable bonds is 3. The van der Waals surface area contributed by atoms with Crippen LogP contribution in [0.25, 0.3) is 0 Å². The molecular formula is C17H20ClN3. The number of piperazine rings is 1. The second-order valence-electron chi connectivity index (χ2n) is 5.44. The Bertz CT molecular complexity index is 589. The quantitative estimate of drug-likeness (QED) is 0.883. The highest BCUT2D eigenvalue weighted by Crippen LogP contribution is 2.20. The topological polar surface area (TPSA) is 32.5 Å². The average molecular weight is 302 g/mol. The minimum atomic E-state index is 0.789.